The summed E-state index contributed by atoms with van der Waals surface area (Å²) in [5.41, 5.74) is -1.27. The highest BCUT2D eigenvalue weighted by atomic mass is 16.5. The molecular formula is C17H29B2NO4. The van der Waals surface area contributed by atoms with Crippen molar-refractivity contribution in [3.63, 3.8) is 0 Å². The fourth-order valence-corrected chi connectivity index (χ4v) is 1.93. The number of hydrogen-bond acceptors (Lipinski definition) is 5. The van der Waals surface area contributed by atoms with Crippen LogP contribution in [-0.4, -0.2) is 65.3 Å². The standard InChI is InChI=1S/C11H15B2NO2.C6H14O2/c1-13(15)14-7-6-11(8-14)16-10-4-2-9(12)3-5-10;1-5(2,7)6(3,4)8/h2-5,11,15H,6-8H2,1H3;7-8H,1-4H3/t11-;/m0./s1. The third-order valence-electron chi connectivity index (χ3n) is 4.38. The Hall–Kier alpha value is -1.01. The maximum Gasteiger partial charge on any atom is 0.376 e. The lowest BCUT2D eigenvalue weighted by Gasteiger charge is -2.31. The van der Waals surface area contributed by atoms with E-state index < -0.39 is 11.2 Å². The van der Waals surface area contributed by atoms with Crippen LogP contribution in [0.5, 0.6) is 5.75 Å². The molecule has 1 saturated heterocycles. The van der Waals surface area contributed by atoms with Gasteiger partial charge < -0.3 is 24.8 Å². The summed E-state index contributed by atoms with van der Waals surface area (Å²) >= 11 is 0. The van der Waals surface area contributed by atoms with Crippen LogP contribution >= 0.6 is 0 Å². The summed E-state index contributed by atoms with van der Waals surface area (Å²) in [6, 6.07) is 7.41. The molecule has 0 aliphatic carbocycles. The Morgan fingerprint density at radius 2 is 1.62 bits per heavy atom. The van der Waals surface area contributed by atoms with Gasteiger partial charge in [0.15, 0.2) is 0 Å². The fourth-order valence-electron chi connectivity index (χ4n) is 1.93. The lowest BCUT2D eigenvalue weighted by molar-refractivity contribution is -0.107. The van der Waals surface area contributed by atoms with Crippen molar-refractivity contribution in [2.75, 3.05) is 13.1 Å². The van der Waals surface area contributed by atoms with Crippen LogP contribution in [0.2, 0.25) is 6.82 Å². The predicted molar refractivity (Wildman–Crippen MR) is 98.9 cm³/mol. The Morgan fingerprint density at radius 1 is 1.12 bits per heavy atom. The van der Waals surface area contributed by atoms with E-state index in [0.29, 0.717) is 0 Å². The number of hydrogen-bond donors (Lipinski definition) is 3. The number of aliphatic hydroxyl groups is 2. The highest BCUT2D eigenvalue weighted by Crippen LogP contribution is 2.19. The van der Waals surface area contributed by atoms with E-state index in [4.69, 9.17) is 22.8 Å². The number of rotatable bonds is 4. The van der Waals surface area contributed by atoms with Crippen LogP contribution in [0.4, 0.5) is 0 Å². The first-order valence-corrected chi connectivity index (χ1v) is 8.29. The molecule has 0 bridgehead atoms. The van der Waals surface area contributed by atoms with Crippen molar-refractivity contribution < 1.29 is 20.0 Å². The fraction of sp³-hybridized carbons (Fsp3) is 0.647. The van der Waals surface area contributed by atoms with Crippen molar-refractivity contribution in [3.8, 4) is 5.75 Å². The van der Waals surface area contributed by atoms with Gasteiger partial charge in [0, 0.05) is 6.54 Å². The van der Waals surface area contributed by atoms with Crippen LogP contribution in [0, 0.1) is 0 Å². The number of nitrogens with zero attached hydrogens (tertiary/aromatic N) is 1. The molecule has 1 atom stereocenters. The molecule has 7 heteroatoms. The molecule has 24 heavy (non-hydrogen) atoms. The van der Waals surface area contributed by atoms with Crippen LogP contribution in [0.3, 0.4) is 0 Å². The Balaban J connectivity index is 0.000000307. The first-order chi connectivity index (χ1) is 10.9. The molecule has 0 unspecified atom stereocenters. The zero-order valence-electron chi connectivity index (χ0n) is 15.4. The maximum absolute atomic E-state index is 9.43. The van der Waals surface area contributed by atoms with Gasteiger partial charge in [-0.3, -0.25) is 0 Å². The molecule has 1 aromatic carbocycles. The van der Waals surface area contributed by atoms with Crippen molar-refractivity contribution in [2.24, 2.45) is 0 Å². The van der Waals surface area contributed by atoms with Gasteiger partial charge in [-0.15, -0.1) is 0 Å². The van der Waals surface area contributed by atoms with Crippen molar-refractivity contribution in [2.45, 2.75) is 58.2 Å². The average Bonchev–Trinajstić information content (AvgIpc) is 2.88. The minimum absolute atomic E-state index is 0.165. The first kappa shape index (κ1) is 21.0. The topological polar surface area (TPSA) is 73.2 Å². The van der Waals surface area contributed by atoms with Crippen LogP contribution < -0.4 is 10.2 Å². The van der Waals surface area contributed by atoms with Crippen LogP contribution in [0.15, 0.2) is 24.3 Å². The zero-order valence-corrected chi connectivity index (χ0v) is 15.4. The van der Waals surface area contributed by atoms with Gasteiger partial charge in [-0.1, -0.05) is 17.6 Å². The minimum atomic E-state index is -1.01. The summed E-state index contributed by atoms with van der Waals surface area (Å²) < 4.78 is 5.80. The summed E-state index contributed by atoms with van der Waals surface area (Å²) in [7, 11) is 5.21. The van der Waals surface area contributed by atoms with Crippen molar-refractivity contribution >= 4 is 20.4 Å². The van der Waals surface area contributed by atoms with Crippen LogP contribution in [0.25, 0.3) is 0 Å². The first-order valence-electron chi connectivity index (χ1n) is 8.29. The van der Waals surface area contributed by atoms with E-state index in [2.05, 4.69) is 0 Å². The Bertz CT molecular complexity index is 483. The minimum Gasteiger partial charge on any atom is -0.489 e. The molecule has 1 aliphatic rings. The molecule has 0 spiro atoms. The van der Waals surface area contributed by atoms with Gasteiger partial charge in [-0.25, -0.2) is 0 Å². The van der Waals surface area contributed by atoms with E-state index in [0.717, 1.165) is 30.7 Å². The molecule has 1 fully saturated rings. The van der Waals surface area contributed by atoms with Gasteiger partial charge >= 0.3 is 7.05 Å². The Labute approximate surface area is 147 Å². The van der Waals surface area contributed by atoms with Gasteiger partial charge in [0.25, 0.3) is 0 Å². The van der Waals surface area contributed by atoms with E-state index in [1.807, 2.05) is 29.1 Å². The van der Waals surface area contributed by atoms with Crippen molar-refractivity contribution in [3.05, 3.63) is 24.3 Å². The van der Waals surface area contributed by atoms with E-state index >= 15 is 0 Å². The molecule has 1 aromatic rings. The van der Waals surface area contributed by atoms with E-state index in [1.54, 1.807) is 34.5 Å². The summed E-state index contributed by atoms with van der Waals surface area (Å²) in [6.07, 6.45) is 1.12. The lowest BCUT2D eigenvalue weighted by Crippen LogP contribution is -2.44. The quantitative estimate of drug-likeness (QED) is 0.703. The maximum atomic E-state index is 9.43. The van der Waals surface area contributed by atoms with Crippen LogP contribution in [0.1, 0.15) is 34.1 Å². The van der Waals surface area contributed by atoms with Crippen LogP contribution in [-0.2, 0) is 0 Å². The van der Waals surface area contributed by atoms with Gasteiger partial charge in [0.1, 0.15) is 19.7 Å². The zero-order chi connectivity index (χ0) is 18.5. The predicted octanol–water partition coefficient (Wildman–Crippen LogP) is 0.572. The molecule has 1 heterocycles. The molecule has 2 radical (unpaired) electrons. The molecule has 5 nitrogen and oxygen atoms in total. The normalized spacial score (nSPS) is 18.8. The van der Waals surface area contributed by atoms with Crippen molar-refractivity contribution in [1.29, 1.82) is 0 Å². The molecule has 2 rings (SSSR count). The van der Waals surface area contributed by atoms with Gasteiger partial charge in [-0.2, -0.15) is 0 Å². The molecule has 1 aliphatic heterocycles. The molecule has 0 aromatic heterocycles. The van der Waals surface area contributed by atoms with Gasteiger partial charge in [0.2, 0.25) is 0 Å². The second-order valence-electron chi connectivity index (χ2n) is 7.34. The molecule has 0 amide bonds. The van der Waals surface area contributed by atoms with Gasteiger partial charge in [-0.05, 0) is 59.6 Å². The SMILES string of the molecule is CC(C)(O)C(C)(C)O.[B]c1ccc(O[C@H]2CCN(B(C)O)C2)cc1. The number of ether oxygens (including phenoxy) is 1. The third kappa shape index (κ3) is 6.85. The average molecular weight is 333 g/mol. The van der Waals surface area contributed by atoms with E-state index in [-0.39, 0.29) is 13.2 Å². The van der Waals surface area contributed by atoms with Crippen molar-refractivity contribution in [1.82, 2.24) is 4.81 Å². The lowest BCUT2D eigenvalue weighted by atomic mass is 9.86. The van der Waals surface area contributed by atoms with Gasteiger partial charge in [0.05, 0.1) is 11.2 Å². The smallest absolute Gasteiger partial charge is 0.376 e. The summed E-state index contributed by atoms with van der Waals surface area (Å²) in [5.74, 6) is 0.839. The molecule has 3 N–H and O–H groups in total. The van der Waals surface area contributed by atoms with E-state index in [1.165, 1.54) is 0 Å². The molecular weight excluding hydrogens is 304 g/mol. The highest BCUT2D eigenvalue weighted by Gasteiger charge is 2.32. The third-order valence-corrected chi connectivity index (χ3v) is 4.38. The molecule has 0 saturated carbocycles. The summed E-state index contributed by atoms with van der Waals surface area (Å²) in [4.78, 5) is 2.00. The molecule has 132 valence electrons. The summed E-state index contributed by atoms with van der Waals surface area (Å²) in [5, 5.41) is 27.6. The summed E-state index contributed by atoms with van der Waals surface area (Å²) in [6.45, 7) is 9.75. The largest absolute Gasteiger partial charge is 0.489 e. The second kappa shape index (κ2) is 8.39. The number of benzene rings is 1. The Morgan fingerprint density at radius 3 is 2.00 bits per heavy atom. The highest BCUT2D eigenvalue weighted by molar-refractivity contribution is 6.45. The Kier molecular flexibility index (Phi) is 7.35. The monoisotopic (exact) mass is 333 g/mol. The van der Waals surface area contributed by atoms with E-state index in [9.17, 15) is 5.02 Å². The second-order valence-corrected chi connectivity index (χ2v) is 7.34.